The van der Waals surface area contributed by atoms with Crippen LogP contribution >= 0.6 is 0 Å². The molecule has 0 heterocycles. The van der Waals surface area contributed by atoms with Crippen LogP contribution in [0, 0.1) is 15.5 Å². The zero-order chi connectivity index (χ0) is 14.6. The second-order valence-electron chi connectivity index (χ2n) is 4.42. The Balaban J connectivity index is 3.09. The van der Waals surface area contributed by atoms with Crippen molar-refractivity contribution < 1.29 is 19.6 Å². The largest absolute Gasteiger partial charge is 0.481 e. The molecular weight excluding hydrogens is 252 g/mol. The molecule has 0 saturated heterocycles. The number of nitro groups is 1. The third-order valence-electron chi connectivity index (χ3n) is 3.15. The predicted molar refractivity (Wildman–Crippen MR) is 66.4 cm³/mol. The molecule has 0 aliphatic rings. The minimum Gasteiger partial charge on any atom is -0.481 e. The quantitative estimate of drug-likeness (QED) is 0.454. The van der Waals surface area contributed by atoms with Crippen molar-refractivity contribution in [1.29, 1.82) is 0 Å². The number of carbonyl (C=O) groups is 2. The number of carboxylic acids is 1. The van der Waals surface area contributed by atoms with Crippen LogP contribution in [-0.2, 0) is 9.59 Å². The highest BCUT2D eigenvalue weighted by molar-refractivity contribution is 5.79. The van der Waals surface area contributed by atoms with Gasteiger partial charge >= 0.3 is 5.97 Å². The Morgan fingerprint density at radius 2 is 2.05 bits per heavy atom. The van der Waals surface area contributed by atoms with Crippen LogP contribution in [0.5, 0.6) is 0 Å². The standard InChI is InChI=1S/C12H14N2O5/c1-12(6-7-15,11(16)17)10(13)8-2-4-9(5-3-8)14(18)19/h2-5,7,10H,6,13H2,1H3,(H,16,17). The van der Waals surface area contributed by atoms with Crippen molar-refractivity contribution in [3.8, 4) is 0 Å². The van der Waals surface area contributed by atoms with E-state index < -0.39 is 22.3 Å². The number of hydrogen-bond donors (Lipinski definition) is 2. The highest BCUT2D eigenvalue weighted by Gasteiger charge is 2.40. The van der Waals surface area contributed by atoms with E-state index in [2.05, 4.69) is 0 Å². The van der Waals surface area contributed by atoms with E-state index in [9.17, 15) is 24.8 Å². The van der Waals surface area contributed by atoms with E-state index in [1.807, 2.05) is 0 Å². The molecular formula is C12H14N2O5. The third-order valence-corrected chi connectivity index (χ3v) is 3.15. The molecule has 7 nitrogen and oxygen atoms in total. The summed E-state index contributed by atoms with van der Waals surface area (Å²) in [5, 5.41) is 19.7. The van der Waals surface area contributed by atoms with Crippen molar-refractivity contribution in [3.63, 3.8) is 0 Å². The first-order valence-corrected chi connectivity index (χ1v) is 5.50. The van der Waals surface area contributed by atoms with Gasteiger partial charge in [-0.2, -0.15) is 0 Å². The van der Waals surface area contributed by atoms with E-state index >= 15 is 0 Å². The zero-order valence-corrected chi connectivity index (χ0v) is 10.3. The lowest BCUT2D eigenvalue weighted by molar-refractivity contribution is -0.384. The third kappa shape index (κ3) is 2.94. The summed E-state index contributed by atoms with van der Waals surface area (Å²) in [6.45, 7) is 1.37. The molecule has 2 atom stereocenters. The van der Waals surface area contributed by atoms with Gasteiger partial charge in [0.15, 0.2) is 0 Å². The van der Waals surface area contributed by atoms with Gasteiger partial charge in [0.2, 0.25) is 0 Å². The van der Waals surface area contributed by atoms with Crippen LogP contribution in [0.3, 0.4) is 0 Å². The number of carbonyl (C=O) groups excluding carboxylic acids is 1. The molecule has 19 heavy (non-hydrogen) atoms. The van der Waals surface area contributed by atoms with Crippen molar-refractivity contribution in [3.05, 3.63) is 39.9 Å². The Labute approximate surface area is 109 Å². The van der Waals surface area contributed by atoms with Gasteiger partial charge in [-0.15, -0.1) is 0 Å². The van der Waals surface area contributed by atoms with Crippen LogP contribution in [0.15, 0.2) is 24.3 Å². The fourth-order valence-electron chi connectivity index (χ4n) is 1.69. The maximum Gasteiger partial charge on any atom is 0.311 e. The minimum absolute atomic E-state index is 0.108. The second-order valence-corrected chi connectivity index (χ2v) is 4.42. The van der Waals surface area contributed by atoms with Gasteiger partial charge in [0.25, 0.3) is 5.69 Å². The zero-order valence-electron chi connectivity index (χ0n) is 10.3. The predicted octanol–water partition coefficient (Wildman–Crippen LogP) is 1.27. The highest BCUT2D eigenvalue weighted by Crippen LogP contribution is 2.35. The first kappa shape index (κ1) is 14.8. The molecule has 102 valence electrons. The van der Waals surface area contributed by atoms with Gasteiger partial charge in [0.05, 0.1) is 10.3 Å². The molecule has 7 heteroatoms. The fourth-order valence-corrected chi connectivity index (χ4v) is 1.69. The van der Waals surface area contributed by atoms with E-state index in [1.165, 1.54) is 31.2 Å². The van der Waals surface area contributed by atoms with Gasteiger partial charge in [0.1, 0.15) is 6.29 Å². The summed E-state index contributed by atoms with van der Waals surface area (Å²) in [5.74, 6) is -1.19. The molecule has 3 N–H and O–H groups in total. The number of nitro benzene ring substituents is 1. The maximum absolute atomic E-state index is 11.3. The topological polar surface area (TPSA) is 124 Å². The molecule has 0 aliphatic heterocycles. The van der Waals surface area contributed by atoms with E-state index in [0.29, 0.717) is 11.8 Å². The molecule has 0 radical (unpaired) electrons. The average Bonchev–Trinajstić information content (AvgIpc) is 2.37. The summed E-state index contributed by atoms with van der Waals surface area (Å²) in [4.78, 5) is 31.8. The van der Waals surface area contributed by atoms with Crippen molar-refractivity contribution >= 4 is 17.9 Å². The van der Waals surface area contributed by atoms with Gasteiger partial charge < -0.3 is 15.6 Å². The van der Waals surface area contributed by atoms with Crippen molar-refractivity contribution in [2.24, 2.45) is 11.1 Å². The number of nitrogens with two attached hydrogens (primary N) is 1. The number of rotatable bonds is 6. The number of carboxylic acid groups (broad SMARTS) is 1. The summed E-state index contributed by atoms with van der Waals surface area (Å²) in [6, 6.07) is 4.36. The van der Waals surface area contributed by atoms with Crippen LogP contribution in [0.25, 0.3) is 0 Å². The van der Waals surface area contributed by atoms with Crippen LogP contribution < -0.4 is 5.73 Å². The molecule has 0 amide bonds. The lowest BCUT2D eigenvalue weighted by atomic mass is 9.77. The van der Waals surface area contributed by atoms with Crippen molar-refractivity contribution in [2.75, 3.05) is 0 Å². The van der Waals surface area contributed by atoms with Gasteiger partial charge in [-0.05, 0) is 12.5 Å². The smallest absolute Gasteiger partial charge is 0.311 e. The normalized spacial score (nSPS) is 15.3. The first-order valence-electron chi connectivity index (χ1n) is 5.50. The van der Waals surface area contributed by atoms with Gasteiger partial charge in [-0.1, -0.05) is 12.1 Å². The SMILES string of the molecule is CC(CC=O)(C(=O)O)C(N)c1ccc([N+](=O)[O-])cc1. The highest BCUT2D eigenvalue weighted by atomic mass is 16.6. The monoisotopic (exact) mass is 266 g/mol. The van der Waals surface area contributed by atoms with Gasteiger partial charge in [0, 0.05) is 24.6 Å². The Kier molecular flexibility index (Phi) is 4.34. The molecule has 1 rings (SSSR count). The molecule has 1 aromatic rings. The molecule has 0 aliphatic carbocycles. The molecule has 2 unspecified atom stereocenters. The van der Waals surface area contributed by atoms with E-state index in [1.54, 1.807) is 0 Å². The van der Waals surface area contributed by atoms with E-state index in [0.717, 1.165) is 0 Å². The van der Waals surface area contributed by atoms with Crippen molar-refractivity contribution in [2.45, 2.75) is 19.4 Å². The summed E-state index contributed by atoms with van der Waals surface area (Å²) in [5.41, 5.74) is 4.75. The minimum atomic E-state index is -1.45. The summed E-state index contributed by atoms with van der Waals surface area (Å²) in [6.07, 6.45) is 0.264. The average molecular weight is 266 g/mol. The molecule has 0 saturated carbocycles. The van der Waals surface area contributed by atoms with E-state index in [-0.39, 0.29) is 12.1 Å². The molecule has 1 aromatic carbocycles. The van der Waals surface area contributed by atoms with Crippen LogP contribution in [0.2, 0.25) is 0 Å². The van der Waals surface area contributed by atoms with E-state index in [4.69, 9.17) is 5.73 Å². The van der Waals surface area contributed by atoms with Crippen LogP contribution in [-0.4, -0.2) is 22.3 Å². The summed E-state index contributed by atoms with van der Waals surface area (Å²) in [7, 11) is 0. The molecule has 0 spiro atoms. The summed E-state index contributed by atoms with van der Waals surface area (Å²) >= 11 is 0. The second kappa shape index (κ2) is 5.57. The number of nitrogens with zero attached hydrogens (tertiary/aromatic N) is 1. The van der Waals surface area contributed by atoms with Crippen LogP contribution in [0.1, 0.15) is 24.9 Å². The Hall–Kier alpha value is -2.28. The Morgan fingerprint density at radius 1 is 1.53 bits per heavy atom. The maximum atomic E-state index is 11.3. The number of non-ortho nitro benzene ring substituents is 1. The fraction of sp³-hybridized carbons (Fsp3) is 0.333. The summed E-state index contributed by atoms with van der Waals surface area (Å²) < 4.78 is 0. The lowest BCUT2D eigenvalue weighted by Gasteiger charge is -2.29. The van der Waals surface area contributed by atoms with Gasteiger partial charge in [-0.25, -0.2) is 0 Å². The number of hydrogen-bond acceptors (Lipinski definition) is 5. The number of aldehydes is 1. The Morgan fingerprint density at radius 3 is 2.42 bits per heavy atom. The Bertz CT molecular complexity index is 499. The number of benzene rings is 1. The van der Waals surface area contributed by atoms with Crippen LogP contribution in [0.4, 0.5) is 5.69 Å². The van der Waals surface area contributed by atoms with Gasteiger partial charge in [-0.3, -0.25) is 14.9 Å². The molecule has 0 fully saturated rings. The molecule has 0 aromatic heterocycles. The lowest BCUT2D eigenvalue weighted by Crippen LogP contribution is -2.39. The molecule has 0 bridgehead atoms. The number of aliphatic carboxylic acids is 1. The van der Waals surface area contributed by atoms with Crippen molar-refractivity contribution in [1.82, 2.24) is 0 Å². The first-order chi connectivity index (χ1) is 8.82.